The minimum atomic E-state index is 0.397. The molecule has 0 aromatic heterocycles. The fraction of sp³-hybridized carbons (Fsp3) is 0.368. The van der Waals surface area contributed by atoms with Crippen molar-refractivity contribution in [3.8, 4) is 5.75 Å². The highest BCUT2D eigenvalue weighted by atomic mass is 16.3. The highest BCUT2D eigenvalue weighted by Gasteiger charge is 2.21. The summed E-state index contributed by atoms with van der Waals surface area (Å²) in [5, 5.41) is 9.59. The van der Waals surface area contributed by atoms with E-state index in [1.165, 1.54) is 41.5 Å². The predicted octanol–water partition coefficient (Wildman–Crippen LogP) is 4.62. The van der Waals surface area contributed by atoms with Gasteiger partial charge in [0, 0.05) is 0 Å². The average Bonchev–Trinajstić information content (AvgIpc) is 2.48. The van der Waals surface area contributed by atoms with E-state index in [9.17, 15) is 5.11 Å². The molecule has 1 aliphatic carbocycles. The molecule has 104 valence electrons. The molecule has 2 aromatic rings. The van der Waals surface area contributed by atoms with Crippen molar-refractivity contribution >= 4 is 0 Å². The van der Waals surface area contributed by atoms with E-state index in [1.807, 2.05) is 12.1 Å². The second kappa shape index (κ2) is 5.70. The lowest BCUT2D eigenvalue weighted by molar-refractivity contribution is 0.472. The number of rotatable bonds is 3. The standard InChI is InChI=1S/C19H22O/c1-2-5-14-6-3-4-7-19(14)17-9-8-16-13-18(20)11-10-15(16)12-17/h3-4,6-7,10-11,13,17,20H,2,5,8-9,12H2,1H3. The zero-order valence-electron chi connectivity index (χ0n) is 12.1. The third kappa shape index (κ3) is 2.58. The molecule has 0 radical (unpaired) electrons. The molecule has 1 N–H and O–H groups in total. The molecule has 0 amide bonds. The normalized spacial score (nSPS) is 17.8. The van der Waals surface area contributed by atoms with Crippen molar-refractivity contribution in [2.45, 2.75) is 44.9 Å². The van der Waals surface area contributed by atoms with Crippen molar-refractivity contribution in [2.24, 2.45) is 0 Å². The summed E-state index contributed by atoms with van der Waals surface area (Å²) in [6.45, 7) is 2.25. The van der Waals surface area contributed by atoms with Crippen LogP contribution in [-0.4, -0.2) is 5.11 Å². The van der Waals surface area contributed by atoms with Crippen LogP contribution in [0.2, 0.25) is 0 Å². The maximum absolute atomic E-state index is 9.59. The van der Waals surface area contributed by atoms with Crippen LogP contribution in [0.1, 0.15) is 47.9 Å². The largest absolute Gasteiger partial charge is 0.508 e. The van der Waals surface area contributed by atoms with E-state index < -0.39 is 0 Å². The molecule has 0 spiro atoms. The minimum Gasteiger partial charge on any atom is -0.508 e. The first kappa shape index (κ1) is 13.2. The molecule has 1 nitrogen and oxygen atoms in total. The number of aryl methyl sites for hydroxylation is 2. The lowest BCUT2D eigenvalue weighted by Gasteiger charge is -2.27. The summed E-state index contributed by atoms with van der Waals surface area (Å²) in [7, 11) is 0. The van der Waals surface area contributed by atoms with Gasteiger partial charge in [0.25, 0.3) is 0 Å². The van der Waals surface area contributed by atoms with Crippen molar-refractivity contribution in [2.75, 3.05) is 0 Å². The average molecular weight is 266 g/mol. The van der Waals surface area contributed by atoms with E-state index >= 15 is 0 Å². The SMILES string of the molecule is CCCc1ccccc1C1CCc2cc(O)ccc2C1. The Labute approximate surface area is 121 Å². The molecule has 3 rings (SSSR count). The fourth-order valence-electron chi connectivity index (χ4n) is 3.44. The summed E-state index contributed by atoms with van der Waals surface area (Å²) in [4.78, 5) is 0. The molecule has 0 saturated heterocycles. The van der Waals surface area contributed by atoms with E-state index in [0.29, 0.717) is 11.7 Å². The van der Waals surface area contributed by atoms with Crippen LogP contribution >= 0.6 is 0 Å². The summed E-state index contributed by atoms with van der Waals surface area (Å²) in [5.41, 5.74) is 5.79. The zero-order chi connectivity index (χ0) is 13.9. The Balaban J connectivity index is 1.88. The van der Waals surface area contributed by atoms with Crippen LogP contribution in [-0.2, 0) is 19.3 Å². The van der Waals surface area contributed by atoms with Gasteiger partial charge < -0.3 is 5.11 Å². The summed E-state index contributed by atoms with van der Waals surface area (Å²) < 4.78 is 0. The molecular formula is C19H22O. The summed E-state index contributed by atoms with van der Waals surface area (Å²) in [6, 6.07) is 14.8. The number of fused-ring (bicyclic) bond motifs is 1. The Morgan fingerprint density at radius 3 is 2.80 bits per heavy atom. The first-order chi connectivity index (χ1) is 9.78. The van der Waals surface area contributed by atoms with Crippen LogP contribution in [0.5, 0.6) is 5.75 Å². The van der Waals surface area contributed by atoms with Crippen LogP contribution in [0.3, 0.4) is 0 Å². The minimum absolute atomic E-state index is 0.397. The monoisotopic (exact) mass is 266 g/mol. The highest BCUT2D eigenvalue weighted by molar-refractivity contribution is 5.40. The van der Waals surface area contributed by atoms with Gasteiger partial charge in [-0.3, -0.25) is 0 Å². The predicted molar refractivity (Wildman–Crippen MR) is 83.3 cm³/mol. The van der Waals surface area contributed by atoms with Gasteiger partial charge in [0.05, 0.1) is 0 Å². The summed E-state index contributed by atoms with van der Waals surface area (Å²) >= 11 is 0. The number of phenols is 1. The van der Waals surface area contributed by atoms with Gasteiger partial charge in [-0.25, -0.2) is 0 Å². The number of benzene rings is 2. The zero-order valence-corrected chi connectivity index (χ0v) is 12.1. The molecular weight excluding hydrogens is 244 g/mol. The molecule has 0 aliphatic heterocycles. The Kier molecular flexibility index (Phi) is 3.77. The molecule has 0 heterocycles. The van der Waals surface area contributed by atoms with Crippen molar-refractivity contribution in [1.82, 2.24) is 0 Å². The number of hydrogen-bond donors (Lipinski definition) is 1. The highest BCUT2D eigenvalue weighted by Crippen LogP contribution is 2.35. The van der Waals surface area contributed by atoms with E-state index in [0.717, 1.165) is 12.8 Å². The van der Waals surface area contributed by atoms with E-state index in [2.05, 4.69) is 37.3 Å². The van der Waals surface area contributed by atoms with E-state index in [1.54, 1.807) is 0 Å². The maximum Gasteiger partial charge on any atom is 0.115 e. The van der Waals surface area contributed by atoms with Gasteiger partial charge in [0.15, 0.2) is 0 Å². The summed E-state index contributed by atoms with van der Waals surface area (Å²) in [5.74, 6) is 1.03. The first-order valence-electron chi connectivity index (χ1n) is 7.66. The van der Waals surface area contributed by atoms with Crippen LogP contribution in [0.15, 0.2) is 42.5 Å². The quantitative estimate of drug-likeness (QED) is 0.859. The van der Waals surface area contributed by atoms with Crippen LogP contribution in [0.25, 0.3) is 0 Å². The van der Waals surface area contributed by atoms with E-state index in [-0.39, 0.29) is 0 Å². The molecule has 1 heteroatoms. The van der Waals surface area contributed by atoms with Gasteiger partial charge in [0.2, 0.25) is 0 Å². The van der Waals surface area contributed by atoms with Gasteiger partial charge >= 0.3 is 0 Å². The Hall–Kier alpha value is -1.76. The Morgan fingerprint density at radius 2 is 1.95 bits per heavy atom. The maximum atomic E-state index is 9.59. The number of aromatic hydroxyl groups is 1. The second-order valence-electron chi connectivity index (χ2n) is 5.84. The molecule has 1 aliphatic rings. The van der Waals surface area contributed by atoms with Crippen molar-refractivity contribution in [1.29, 1.82) is 0 Å². The van der Waals surface area contributed by atoms with Crippen LogP contribution in [0, 0.1) is 0 Å². The van der Waals surface area contributed by atoms with E-state index in [4.69, 9.17) is 0 Å². The van der Waals surface area contributed by atoms with Gasteiger partial charge in [-0.15, -0.1) is 0 Å². The molecule has 0 fully saturated rings. The van der Waals surface area contributed by atoms with Gasteiger partial charge in [-0.05, 0) is 66.0 Å². The van der Waals surface area contributed by atoms with Crippen molar-refractivity contribution in [3.63, 3.8) is 0 Å². The van der Waals surface area contributed by atoms with Crippen molar-refractivity contribution < 1.29 is 5.11 Å². The number of phenolic OH excluding ortho intramolecular Hbond substituents is 1. The van der Waals surface area contributed by atoms with Crippen LogP contribution in [0.4, 0.5) is 0 Å². The third-order valence-electron chi connectivity index (χ3n) is 4.43. The third-order valence-corrected chi connectivity index (χ3v) is 4.43. The fourth-order valence-corrected chi connectivity index (χ4v) is 3.44. The van der Waals surface area contributed by atoms with Crippen molar-refractivity contribution in [3.05, 3.63) is 64.7 Å². The summed E-state index contributed by atoms with van der Waals surface area (Å²) in [6.07, 6.45) is 5.76. The lowest BCUT2D eigenvalue weighted by atomic mass is 9.78. The molecule has 2 aromatic carbocycles. The van der Waals surface area contributed by atoms with Gasteiger partial charge in [-0.2, -0.15) is 0 Å². The topological polar surface area (TPSA) is 20.2 Å². The smallest absolute Gasteiger partial charge is 0.115 e. The number of hydrogen-bond acceptors (Lipinski definition) is 1. The van der Waals surface area contributed by atoms with Gasteiger partial charge in [-0.1, -0.05) is 43.7 Å². The second-order valence-corrected chi connectivity index (χ2v) is 5.84. The molecule has 0 saturated carbocycles. The molecule has 20 heavy (non-hydrogen) atoms. The van der Waals surface area contributed by atoms with Gasteiger partial charge in [0.1, 0.15) is 5.75 Å². The Bertz CT molecular complexity index is 600. The van der Waals surface area contributed by atoms with Crippen LogP contribution < -0.4 is 0 Å². The molecule has 0 bridgehead atoms. The lowest BCUT2D eigenvalue weighted by Crippen LogP contribution is -2.14. The first-order valence-corrected chi connectivity index (χ1v) is 7.66. The molecule has 1 unspecified atom stereocenters. The Morgan fingerprint density at radius 1 is 1.10 bits per heavy atom. The molecule has 1 atom stereocenters.